The minimum absolute atomic E-state index is 0.0331. The third-order valence-corrected chi connectivity index (χ3v) is 4.65. The van der Waals surface area contributed by atoms with Gasteiger partial charge in [0.15, 0.2) is 6.10 Å². The summed E-state index contributed by atoms with van der Waals surface area (Å²) in [6.07, 6.45) is 0.156. The zero-order valence-corrected chi connectivity index (χ0v) is 16.4. The molecule has 0 radical (unpaired) electrons. The number of carbonyl (C=O) groups is 1. The summed E-state index contributed by atoms with van der Waals surface area (Å²) in [4.78, 5) is 20.0. The molecule has 0 N–H and O–H groups in total. The van der Waals surface area contributed by atoms with E-state index in [4.69, 9.17) is 9.57 Å². The average Bonchev–Trinajstić information content (AvgIpc) is 3.15. The molecule has 148 valence electrons. The molecule has 3 rings (SSSR count). The molecular weight excluding hydrogens is 359 g/mol. The number of hydrogen-bond donors (Lipinski definition) is 0. The van der Waals surface area contributed by atoms with Crippen LogP contribution in [0.4, 0.5) is 4.39 Å². The molecule has 1 heterocycles. The molecule has 0 aromatic heterocycles. The maximum atomic E-state index is 14.0. The number of methoxy groups -OCH3 is 1. The fourth-order valence-electron chi connectivity index (χ4n) is 3.22. The number of rotatable bonds is 7. The molecule has 5 nitrogen and oxygen atoms in total. The minimum Gasteiger partial charge on any atom is -0.497 e. The molecular formula is C22H25FN2O3. The van der Waals surface area contributed by atoms with E-state index in [1.807, 2.05) is 38.1 Å². The summed E-state index contributed by atoms with van der Waals surface area (Å²) in [6.45, 7) is 4.58. The molecule has 1 atom stereocenters. The molecule has 0 aliphatic carbocycles. The molecule has 2 aromatic carbocycles. The Bertz CT molecular complexity index is 866. The van der Waals surface area contributed by atoms with E-state index in [1.165, 1.54) is 6.07 Å². The van der Waals surface area contributed by atoms with E-state index in [2.05, 4.69) is 5.16 Å². The van der Waals surface area contributed by atoms with Gasteiger partial charge in [0.2, 0.25) is 5.91 Å². The lowest BCUT2D eigenvalue weighted by Crippen LogP contribution is -2.39. The second kappa shape index (κ2) is 8.87. The zero-order chi connectivity index (χ0) is 20.1. The van der Waals surface area contributed by atoms with E-state index in [0.717, 1.165) is 11.3 Å². The average molecular weight is 384 g/mol. The van der Waals surface area contributed by atoms with E-state index in [0.29, 0.717) is 30.8 Å². The number of nitrogens with zero attached hydrogens (tertiary/aromatic N) is 2. The Morgan fingerprint density at radius 1 is 1.29 bits per heavy atom. The second-order valence-electron chi connectivity index (χ2n) is 7.17. The Hall–Kier alpha value is -2.89. The van der Waals surface area contributed by atoms with Gasteiger partial charge in [0.25, 0.3) is 0 Å². The highest BCUT2D eigenvalue weighted by Gasteiger charge is 2.28. The normalized spacial score (nSPS) is 15.9. The minimum atomic E-state index is -0.322. The van der Waals surface area contributed by atoms with Crippen molar-refractivity contribution in [2.75, 3.05) is 13.7 Å². The first-order valence-corrected chi connectivity index (χ1v) is 9.37. The lowest BCUT2D eigenvalue weighted by Gasteiger charge is -2.26. The molecule has 1 aliphatic rings. The Morgan fingerprint density at radius 2 is 2.07 bits per heavy atom. The van der Waals surface area contributed by atoms with Crippen molar-refractivity contribution >= 4 is 11.6 Å². The van der Waals surface area contributed by atoms with Crippen molar-refractivity contribution in [1.82, 2.24) is 4.90 Å². The van der Waals surface area contributed by atoms with E-state index in [9.17, 15) is 9.18 Å². The van der Waals surface area contributed by atoms with Gasteiger partial charge in [0.05, 0.1) is 19.4 Å². The van der Waals surface area contributed by atoms with Gasteiger partial charge in [0, 0.05) is 24.4 Å². The van der Waals surface area contributed by atoms with Gasteiger partial charge in [-0.05, 0) is 23.8 Å². The summed E-state index contributed by atoms with van der Waals surface area (Å²) in [5.74, 6) is 0.318. The van der Waals surface area contributed by atoms with E-state index < -0.39 is 0 Å². The van der Waals surface area contributed by atoms with Crippen LogP contribution in [-0.4, -0.2) is 36.3 Å². The van der Waals surface area contributed by atoms with Crippen LogP contribution in [0.3, 0.4) is 0 Å². The topological polar surface area (TPSA) is 51.1 Å². The molecule has 2 aromatic rings. The van der Waals surface area contributed by atoms with Gasteiger partial charge >= 0.3 is 0 Å². The Kier molecular flexibility index (Phi) is 6.29. The van der Waals surface area contributed by atoms with Gasteiger partial charge in [-0.2, -0.15) is 0 Å². The molecule has 0 saturated heterocycles. The zero-order valence-electron chi connectivity index (χ0n) is 16.4. The van der Waals surface area contributed by atoms with Crippen LogP contribution in [0.5, 0.6) is 5.75 Å². The Labute approximate surface area is 164 Å². The maximum absolute atomic E-state index is 14.0. The fraction of sp³-hybridized carbons (Fsp3) is 0.364. The maximum Gasteiger partial charge on any atom is 0.225 e. The molecule has 1 unspecified atom stereocenters. The predicted octanol–water partition coefficient (Wildman–Crippen LogP) is 4.01. The number of amides is 1. The highest BCUT2D eigenvalue weighted by Crippen LogP contribution is 2.22. The lowest BCUT2D eigenvalue weighted by atomic mass is 10.0. The number of benzene rings is 2. The van der Waals surface area contributed by atoms with Crippen molar-refractivity contribution in [2.24, 2.45) is 11.1 Å². The Morgan fingerprint density at radius 3 is 2.79 bits per heavy atom. The molecule has 0 fully saturated rings. The molecule has 0 saturated carbocycles. The van der Waals surface area contributed by atoms with Crippen molar-refractivity contribution in [3.8, 4) is 5.75 Å². The van der Waals surface area contributed by atoms with Crippen LogP contribution in [-0.2, 0) is 16.2 Å². The van der Waals surface area contributed by atoms with Crippen LogP contribution < -0.4 is 4.74 Å². The van der Waals surface area contributed by atoms with Crippen molar-refractivity contribution in [2.45, 2.75) is 32.9 Å². The second-order valence-corrected chi connectivity index (χ2v) is 7.17. The first-order chi connectivity index (χ1) is 13.5. The van der Waals surface area contributed by atoms with Crippen LogP contribution in [0, 0.1) is 11.7 Å². The van der Waals surface area contributed by atoms with Crippen molar-refractivity contribution in [1.29, 1.82) is 0 Å². The fourth-order valence-corrected chi connectivity index (χ4v) is 3.22. The van der Waals surface area contributed by atoms with Gasteiger partial charge in [-0.1, -0.05) is 49.3 Å². The number of carbonyl (C=O) groups excluding carboxylic acids is 1. The quantitative estimate of drug-likeness (QED) is 0.725. The highest BCUT2D eigenvalue weighted by molar-refractivity contribution is 6.01. The van der Waals surface area contributed by atoms with E-state index >= 15 is 0 Å². The smallest absolute Gasteiger partial charge is 0.225 e. The van der Waals surface area contributed by atoms with Crippen molar-refractivity contribution in [3.63, 3.8) is 0 Å². The van der Waals surface area contributed by atoms with E-state index in [-0.39, 0.29) is 23.7 Å². The van der Waals surface area contributed by atoms with Gasteiger partial charge in [-0.15, -0.1) is 0 Å². The van der Waals surface area contributed by atoms with Gasteiger partial charge in [-0.3, -0.25) is 4.79 Å². The van der Waals surface area contributed by atoms with Crippen LogP contribution in [0.1, 0.15) is 31.4 Å². The summed E-state index contributed by atoms with van der Waals surface area (Å²) in [5, 5.41) is 4.06. The SMILES string of the molecule is COc1cccc(CN(CC2CC(c3ccccc3F)=NO2)C(=O)C(C)C)c1. The summed E-state index contributed by atoms with van der Waals surface area (Å²) in [6, 6.07) is 14.1. The van der Waals surface area contributed by atoms with Gasteiger partial charge in [-0.25, -0.2) is 4.39 Å². The number of ether oxygens (including phenoxy) is 1. The van der Waals surface area contributed by atoms with Crippen LogP contribution >= 0.6 is 0 Å². The molecule has 0 spiro atoms. The van der Waals surface area contributed by atoms with E-state index in [1.54, 1.807) is 30.2 Å². The third kappa shape index (κ3) is 4.68. The van der Waals surface area contributed by atoms with Crippen LogP contribution in [0.2, 0.25) is 0 Å². The molecule has 0 bridgehead atoms. The molecule has 6 heteroatoms. The van der Waals surface area contributed by atoms with Gasteiger partial charge < -0.3 is 14.5 Å². The summed E-state index contributed by atoms with van der Waals surface area (Å²) < 4.78 is 19.3. The summed E-state index contributed by atoms with van der Waals surface area (Å²) in [7, 11) is 1.62. The third-order valence-electron chi connectivity index (χ3n) is 4.65. The summed E-state index contributed by atoms with van der Waals surface area (Å²) >= 11 is 0. The summed E-state index contributed by atoms with van der Waals surface area (Å²) in [5.41, 5.74) is 1.99. The Balaban J connectivity index is 1.70. The molecule has 1 amide bonds. The first kappa shape index (κ1) is 19.9. The van der Waals surface area contributed by atoms with Crippen molar-refractivity contribution in [3.05, 3.63) is 65.5 Å². The molecule has 1 aliphatic heterocycles. The number of hydrogen-bond acceptors (Lipinski definition) is 4. The predicted molar refractivity (Wildman–Crippen MR) is 106 cm³/mol. The van der Waals surface area contributed by atoms with Crippen molar-refractivity contribution < 1.29 is 18.8 Å². The van der Waals surface area contributed by atoms with Crippen LogP contribution in [0.25, 0.3) is 0 Å². The van der Waals surface area contributed by atoms with Crippen LogP contribution in [0.15, 0.2) is 53.7 Å². The van der Waals surface area contributed by atoms with Gasteiger partial charge in [0.1, 0.15) is 11.6 Å². The first-order valence-electron chi connectivity index (χ1n) is 9.37. The number of halogens is 1. The lowest BCUT2D eigenvalue weighted by molar-refractivity contribution is -0.136. The standard InChI is InChI=1S/C22H25FN2O3/c1-15(2)22(26)25(13-16-7-6-8-17(11-16)27-3)14-18-12-21(24-28-18)19-9-4-5-10-20(19)23/h4-11,15,18H,12-14H2,1-3H3. The monoisotopic (exact) mass is 384 g/mol. The number of oxime groups is 1. The molecule has 28 heavy (non-hydrogen) atoms. The largest absolute Gasteiger partial charge is 0.497 e. The highest BCUT2D eigenvalue weighted by atomic mass is 19.1.